The van der Waals surface area contributed by atoms with Crippen LogP contribution in [0.2, 0.25) is 5.02 Å². The fourth-order valence-electron chi connectivity index (χ4n) is 3.49. The number of hydrogen-bond donors (Lipinski definition) is 1. The fraction of sp³-hybridized carbons (Fsp3) is 0.409. The highest BCUT2D eigenvalue weighted by Crippen LogP contribution is 2.22. The van der Waals surface area contributed by atoms with Crippen molar-refractivity contribution in [1.82, 2.24) is 15.1 Å². The first-order chi connectivity index (χ1) is 13.5. The number of methoxy groups -OCH3 is 1. The van der Waals surface area contributed by atoms with E-state index < -0.39 is 0 Å². The largest absolute Gasteiger partial charge is 0.497 e. The molecule has 5 nitrogen and oxygen atoms in total. The number of carbonyl (C=O) groups excluding carboxylic acids is 1. The van der Waals surface area contributed by atoms with Crippen molar-refractivity contribution in [3.05, 3.63) is 64.7 Å². The van der Waals surface area contributed by atoms with Crippen LogP contribution in [0.1, 0.15) is 24.1 Å². The lowest BCUT2D eigenvalue weighted by atomic mass is 10.1. The molecular weight excluding hydrogens is 374 g/mol. The number of halogens is 1. The normalized spacial score (nSPS) is 16.5. The Morgan fingerprint density at radius 3 is 2.36 bits per heavy atom. The molecule has 1 fully saturated rings. The Bertz CT molecular complexity index is 774. The number of nitrogens with zero attached hydrogens (tertiary/aromatic N) is 2. The summed E-state index contributed by atoms with van der Waals surface area (Å²) in [6.45, 7) is 7.01. The second kappa shape index (κ2) is 9.92. The smallest absolute Gasteiger partial charge is 0.234 e. The van der Waals surface area contributed by atoms with Gasteiger partial charge in [0.1, 0.15) is 5.75 Å². The molecule has 0 aromatic heterocycles. The van der Waals surface area contributed by atoms with Gasteiger partial charge in [-0.05, 0) is 36.2 Å². The van der Waals surface area contributed by atoms with Gasteiger partial charge in [-0.1, -0.05) is 41.9 Å². The van der Waals surface area contributed by atoms with Gasteiger partial charge in [-0.3, -0.25) is 14.6 Å². The average Bonchev–Trinajstić information content (AvgIpc) is 2.70. The molecule has 2 aromatic rings. The molecule has 1 aliphatic heterocycles. The van der Waals surface area contributed by atoms with E-state index in [-0.39, 0.29) is 11.9 Å². The number of ether oxygens (including phenoxy) is 1. The number of nitrogens with one attached hydrogen (secondary N) is 1. The van der Waals surface area contributed by atoms with E-state index in [1.165, 1.54) is 5.56 Å². The SMILES string of the molecule is COc1ccc(CN2CCN(CC(=O)N[C@@H](C)c3ccccc3Cl)CC2)cc1. The average molecular weight is 402 g/mol. The quantitative estimate of drug-likeness (QED) is 0.772. The second-order valence-corrected chi connectivity index (χ2v) is 7.62. The fourth-order valence-corrected chi connectivity index (χ4v) is 3.79. The Hall–Kier alpha value is -2.08. The first kappa shape index (κ1) is 20.6. The van der Waals surface area contributed by atoms with Crippen molar-refractivity contribution in [3.63, 3.8) is 0 Å². The molecule has 28 heavy (non-hydrogen) atoms. The molecule has 3 rings (SSSR count). The number of piperazine rings is 1. The molecule has 1 aliphatic rings. The van der Waals surface area contributed by atoms with Crippen molar-refractivity contribution in [1.29, 1.82) is 0 Å². The Morgan fingerprint density at radius 2 is 1.71 bits per heavy atom. The van der Waals surface area contributed by atoms with E-state index in [2.05, 4.69) is 27.2 Å². The van der Waals surface area contributed by atoms with Crippen molar-refractivity contribution < 1.29 is 9.53 Å². The summed E-state index contributed by atoms with van der Waals surface area (Å²) < 4.78 is 5.21. The second-order valence-electron chi connectivity index (χ2n) is 7.21. The van der Waals surface area contributed by atoms with E-state index in [0.717, 1.165) is 44.0 Å². The minimum absolute atomic E-state index is 0.0380. The molecule has 1 N–H and O–H groups in total. The lowest BCUT2D eigenvalue weighted by molar-refractivity contribution is -0.123. The molecule has 1 amide bonds. The number of carbonyl (C=O) groups is 1. The van der Waals surface area contributed by atoms with Crippen LogP contribution in [0.5, 0.6) is 5.75 Å². The highest BCUT2D eigenvalue weighted by molar-refractivity contribution is 6.31. The van der Waals surface area contributed by atoms with Gasteiger partial charge >= 0.3 is 0 Å². The van der Waals surface area contributed by atoms with E-state index in [1.54, 1.807) is 7.11 Å². The van der Waals surface area contributed by atoms with Gasteiger partial charge in [0.05, 0.1) is 19.7 Å². The maximum absolute atomic E-state index is 12.4. The first-order valence-corrected chi connectivity index (χ1v) is 10.0. The number of amides is 1. The number of hydrogen-bond acceptors (Lipinski definition) is 4. The van der Waals surface area contributed by atoms with Crippen molar-refractivity contribution >= 4 is 17.5 Å². The van der Waals surface area contributed by atoms with Crippen molar-refractivity contribution in [2.75, 3.05) is 39.8 Å². The molecule has 150 valence electrons. The van der Waals surface area contributed by atoms with Crippen LogP contribution in [0.25, 0.3) is 0 Å². The first-order valence-electron chi connectivity index (χ1n) is 9.66. The number of rotatable bonds is 7. The zero-order chi connectivity index (χ0) is 19.9. The third kappa shape index (κ3) is 5.71. The van der Waals surface area contributed by atoms with Gasteiger partial charge in [0.25, 0.3) is 0 Å². The molecule has 1 atom stereocenters. The third-order valence-electron chi connectivity index (χ3n) is 5.15. The molecule has 0 radical (unpaired) electrons. The predicted octanol–water partition coefficient (Wildman–Crippen LogP) is 3.34. The van der Waals surface area contributed by atoms with E-state index in [9.17, 15) is 4.79 Å². The van der Waals surface area contributed by atoms with Gasteiger partial charge in [0, 0.05) is 37.7 Å². The summed E-state index contributed by atoms with van der Waals surface area (Å²) in [6.07, 6.45) is 0. The standard InChI is InChI=1S/C22H28ClN3O2/c1-17(20-5-3-4-6-21(20)23)24-22(27)16-26-13-11-25(12-14-26)15-18-7-9-19(28-2)10-8-18/h3-10,17H,11-16H2,1-2H3,(H,24,27)/t17-/m0/s1. The Kier molecular flexibility index (Phi) is 7.31. The van der Waals surface area contributed by atoms with E-state index in [4.69, 9.17) is 16.3 Å². The molecule has 0 aliphatic carbocycles. The molecule has 0 spiro atoms. The van der Waals surface area contributed by atoms with E-state index >= 15 is 0 Å². The third-order valence-corrected chi connectivity index (χ3v) is 5.49. The highest BCUT2D eigenvalue weighted by atomic mass is 35.5. The summed E-state index contributed by atoms with van der Waals surface area (Å²) in [5, 5.41) is 3.74. The molecule has 2 aromatic carbocycles. The topological polar surface area (TPSA) is 44.8 Å². The van der Waals surface area contributed by atoms with Crippen LogP contribution in [0, 0.1) is 0 Å². The number of benzene rings is 2. The summed E-state index contributed by atoms with van der Waals surface area (Å²) in [4.78, 5) is 17.0. The van der Waals surface area contributed by atoms with Crippen molar-refractivity contribution in [3.8, 4) is 5.75 Å². The maximum Gasteiger partial charge on any atom is 0.234 e. The Labute approximate surface area is 172 Å². The van der Waals surface area contributed by atoms with Crippen LogP contribution in [-0.2, 0) is 11.3 Å². The van der Waals surface area contributed by atoms with Gasteiger partial charge in [-0.25, -0.2) is 0 Å². The minimum Gasteiger partial charge on any atom is -0.497 e. The zero-order valence-corrected chi connectivity index (χ0v) is 17.3. The van der Waals surface area contributed by atoms with Crippen LogP contribution in [0.3, 0.4) is 0 Å². The van der Waals surface area contributed by atoms with Crippen LogP contribution in [-0.4, -0.2) is 55.5 Å². The molecular formula is C22H28ClN3O2. The lowest BCUT2D eigenvalue weighted by Gasteiger charge is -2.34. The summed E-state index contributed by atoms with van der Waals surface area (Å²) in [7, 11) is 1.68. The molecule has 0 bridgehead atoms. The van der Waals surface area contributed by atoms with Crippen LogP contribution >= 0.6 is 11.6 Å². The summed E-state index contributed by atoms with van der Waals surface area (Å²) in [5.74, 6) is 0.918. The monoisotopic (exact) mass is 401 g/mol. The van der Waals surface area contributed by atoms with Gasteiger partial charge < -0.3 is 10.1 Å². The molecule has 0 unspecified atom stereocenters. The van der Waals surface area contributed by atoms with E-state index in [1.807, 2.05) is 43.3 Å². The van der Waals surface area contributed by atoms with Crippen molar-refractivity contribution in [2.24, 2.45) is 0 Å². The highest BCUT2D eigenvalue weighted by Gasteiger charge is 2.20. The maximum atomic E-state index is 12.4. The Balaban J connectivity index is 1.42. The van der Waals surface area contributed by atoms with Crippen LogP contribution < -0.4 is 10.1 Å². The molecule has 0 saturated carbocycles. The van der Waals surface area contributed by atoms with E-state index in [0.29, 0.717) is 11.6 Å². The van der Waals surface area contributed by atoms with Gasteiger partial charge in [0.15, 0.2) is 0 Å². The molecule has 1 saturated heterocycles. The van der Waals surface area contributed by atoms with Gasteiger partial charge in [-0.2, -0.15) is 0 Å². The molecule has 6 heteroatoms. The zero-order valence-electron chi connectivity index (χ0n) is 16.5. The summed E-state index contributed by atoms with van der Waals surface area (Å²) in [5.41, 5.74) is 2.22. The minimum atomic E-state index is -0.0995. The summed E-state index contributed by atoms with van der Waals surface area (Å²) >= 11 is 6.22. The van der Waals surface area contributed by atoms with Crippen molar-refractivity contribution in [2.45, 2.75) is 19.5 Å². The predicted molar refractivity (Wildman–Crippen MR) is 113 cm³/mol. The Morgan fingerprint density at radius 1 is 1.07 bits per heavy atom. The van der Waals surface area contributed by atoms with Crippen LogP contribution in [0.4, 0.5) is 0 Å². The summed E-state index contributed by atoms with van der Waals surface area (Å²) in [6, 6.07) is 15.7. The lowest BCUT2D eigenvalue weighted by Crippen LogP contribution is -2.49. The van der Waals surface area contributed by atoms with Crippen LogP contribution in [0.15, 0.2) is 48.5 Å². The van der Waals surface area contributed by atoms with Gasteiger partial charge in [-0.15, -0.1) is 0 Å². The molecule has 1 heterocycles. The van der Waals surface area contributed by atoms with Gasteiger partial charge in [0.2, 0.25) is 5.91 Å².